The lowest BCUT2D eigenvalue weighted by molar-refractivity contribution is 0.0927. The third kappa shape index (κ3) is 4.37. The highest BCUT2D eigenvalue weighted by atomic mass is 79.9. The molecule has 0 spiro atoms. The van der Waals surface area contributed by atoms with E-state index in [0.717, 1.165) is 21.3 Å². The maximum absolute atomic E-state index is 12.4. The van der Waals surface area contributed by atoms with Crippen molar-refractivity contribution in [1.82, 2.24) is 20.1 Å². The predicted octanol–water partition coefficient (Wildman–Crippen LogP) is 4.03. The number of benzene rings is 2. The Morgan fingerprint density at radius 2 is 2.00 bits per heavy atom. The first-order valence-corrected chi connectivity index (χ1v) is 9.44. The van der Waals surface area contributed by atoms with E-state index >= 15 is 0 Å². The summed E-state index contributed by atoms with van der Waals surface area (Å²) in [6, 6.07) is 13.2. The number of ether oxygens (including phenoxy) is 1. The molecule has 3 rings (SSSR count). The predicted molar refractivity (Wildman–Crippen MR) is 108 cm³/mol. The van der Waals surface area contributed by atoms with Crippen molar-refractivity contribution >= 4 is 33.4 Å². The van der Waals surface area contributed by atoms with E-state index in [0.29, 0.717) is 24.0 Å². The lowest BCUT2D eigenvalue weighted by Gasteiger charge is -2.10. The van der Waals surface area contributed by atoms with Crippen LogP contribution in [-0.4, -0.2) is 40.9 Å². The summed E-state index contributed by atoms with van der Waals surface area (Å²) in [5.74, 6) is 0.289. The number of methoxy groups -OCH3 is 1. The van der Waals surface area contributed by atoms with E-state index in [-0.39, 0.29) is 11.7 Å². The van der Waals surface area contributed by atoms with E-state index in [1.165, 1.54) is 0 Å². The van der Waals surface area contributed by atoms with Gasteiger partial charge in [-0.05, 0) is 36.8 Å². The van der Waals surface area contributed by atoms with Crippen LogP contribution in [-0.2, 0) is 4.74 Å². The van der Waals surface area contributed by atoms with Crippen molar-refractivity contribution in [2.45, 2.75) is 6.92 Å². The van der Waals surface area contributed by atoms with Gasteiger partial charge in [0.1, 0.15) is 0 Å². The fraction of sp³-hybridized carbons (Fsp3) is 0.211. The Kier molecular flexibility index (Phi) is 6.26. The molecule has 0 bridgehead atoms. The SMILES string of the molecule is COCCNC(=O)c1nc(-c2ccc(Br)cc2)n(-c2cccc(Cl)c2C)n1. The monoisotopic (exact) mass is 448 g/mol. The van der Waals surface area contributed by atoms with Crippen LogP contribution in [0.1, 0.15) is 16.2 Å². The molecule has 1 aromatic heterocycles. The van der Waals surface area contributed by atoms with E-state index in [9.17, 15) is 4.79 Å². The molecule has 0 fully saturated rings. The fourth-order valence-corrected chi connectivity index (χ4v) is 2.97. The number of nitrogens with one attached hydrogen (secondary N) is 1. The average molecular weight is 450 g/mol. The summed E-state index contributed by atoms with van der Waals surface area (Å²) in [6.45, 7) is 2.70. The molecule has 1 N–H and O–H groups in total. The summed E-state index contributed by atoms with van der Waals surface area (Å²) in [5.41, 5.74) is 2.46. The van der Waals surface area contributed by atoms with Crippen LogP contribution in [0.15, 0.2) is 46.9 Å². The van der Waals surface area contributed by atoms with Crippen molar-refractivity contribution < 1.29 is 9.53 Å². The van der Waals surface area contributed by atoms with Crippen molar-refractivity contribution in [2.24, 2.45) is 0 Å². The van der Waals surface area contributed by atoms with Crippen LogP contribution in [0.2, 0.25) is 5.02 Å². The first-order chi connectivity index (χ1) is 13.0. The first-order valence-electron chi connectivity index (χ1n) is 8.27. The van der Waals surface area contributed by atoms with E-state index in [2.05, 4.69) is 31.3 Å². The Bertz CT molecular complexity index is 957. The molecule has 0 atom stereocenters. The summed E-state index contributed by atoms with van der Waals surface area (Å²) in [6.07, 6.45) is 0. The Hall–Kier alpha value is -2.22. The minimum absolute atomic E-state index is 0.0865. The number of carbonyl (C=O) groups excluding carboxylic acids is 1. The van der Waals surface area contributed by atoms with Crippen LogP contribution >= 0.6 is 27.5 Å². The minimum Gasteiger partial charge on any atom is -0.383 e. The summed E-state index contributed by atoms with van der Waals surface area (Å²) in [4.78, 5) is 16.9. The van der Waals surface area contributed by atoms with Crippen LogP contribution in [0.4, 0.5) is 0 Å². The summed E-state index contributed by atoms with van der Waals surface area (Å²) in [5, 5.41) is 7.81. The topological polar surface area (TPSA) is 69.0 Å². The van der Waals surface area contributed by atoms with E-state index < -0.39 is 0 Å². The highest BCUT2D eigenvalue weighted by Crippen LogP contribution is 2.27. The van der Waals surface area contributed by atoms with Crippen LogP contribution in [0, 0.1) is 6.92 Å². The molecule has 0 aliphatic carbocycles. The number of rotatable bonds is 6. The zero-order chi connectivity index (χ0) is 19.4. The lowest BCUT2D eigenvalue weighted by Crippen LogP contribution is -2.28. The largest absolute Gasteiger partial charge is 0.383 e. The molecule has 2 aromatic carbocycles. The number of hydrogen-bond donors (Lipinski definition) is 1. The van der Waals surface area contributed by atoms with Gasteiger partial charge in [-0.1, -0.05) is 45.7 Å². The van der Waals surface area contributed by atoms with Crippen LogP contribution in [0.5, 0.6) is 0 Å². The second-order valence-corrected chi connectivity index (χ2v) is 7.13. The number of amides is 1. The third-order valence-electron chi connectivity index (χ3n) is 3.97. The molecule has 0 radical (unpaired) electrons. The van der Waals surface area contributed by atoms with Gasteiger partial charge in [-0.3, -0.25) is 4.79 Å². The first kappa shape index (κ1) is 19.5. The molecule has 27 heavy (non-hydrogen) atoms. The van der Waals surface area contributed by atoms with Gasteiger partial charge in [0.05, 0.1) is 12.3 Å². The van der Waals surface area contributed by atoms with E-state index in [4.69, 9.17) is 16.3 Å². The molecular formula is C19H18BrClN4O2. The molecule has 0 saturated carbocycles. The van der Waals surface area contributed by atoms with Crippen LogP contribution in [0.25, 0.3) is 17.1 Å². The van der Waals surface area contributed by atoms with Crippen LogP contribution in [0.3, 0.4) is 0 Å². The highest BCUT2D eigenvalue weighted by Gasteiger charge is 2.20. The standard InChI is InChI=1S/C19H18BrClN4O2/c1-12-15(21)4-3-5-16(12)25-18(13-6-8-14(20)9-7-13)23-17(24-25)19(26)22-10-11-27-2/h3-9H,10-11H2,1-2H3,(H,22,26). The highest BCUT2D eigenvalue weighted by molar-refractivity contribution is 9.10. The van der Waals surface area contributed by atoms with E-state index in [1.807, 2.05) is 49.4 Å². The zero-order valence-corrected chi connectivity index (χ0v) is 17.2. The molecule has 0 saturated heterocycles. The quantitative estimate of drug-likeness (QED) is 0.577. The summed E-state index contributed by atoms with van der Waals surface area (Å²) in [7, 11) is 1.58. The number of halogens is 2. The maximum Gasteiger partial charge on any atom is 0.291 e. The molecule has 3 aromatic rings. The Balaban J connectivity index is 2.08. The number of hydrogen-bond acceptors (Lipinski definition) is 4. The fourth-order valence-electron chi connectivity index (χ4n) is 2.53. The van der Waals surface area contributed by atoms with Gasteiger partial charge in [0, 0.05) is 28.7 Å². The summed E-state index contributed by atoms with van der Waals surface area (Å²) < 4.78 is 7.56. The van der Waals surface area contributed by atoms with Crippen molar-refractivity contribution in [3.8, 4) is 17.1 Å². The Morgan fingerprint density at radius 1 is 1.26 bits per heavy atom. The van der Waals surface area contributed by atoms with Gasteiger partial charge in [0.25, 0.3) is 5.91 Å². The van der Waals surface area contributed by atoms with Gasteiger partial charge in [-0.2, -0.15) is 0 Å². The molecule has 8 heteroatoms. The molecule has 6 nitrogen and oxygen atoms in total. The van der Waals surface area contributed by atoms with Crippen molar-refractivity contribution in [2.75, 3.05) is 20.3 Å². The van der Waals surface area contributed by atoms with Gasteiger partial charge in [0.2, 0.25) is 5.82 Å². The third-order valence-corrected chi connectivity index (χ3v) is 4.91. The van der Waals surface area contributed by atoms with Crippen molar-refractivity contribution in [3.05, 3.63) is 63.3 Å². The molecular weight excluding hydrogens is 432 g/mol. The number of nitrogens with zero attached hydrogens (tertiary/aromatic N) is 3. The van der Waals surface area contributed by atoms with Gasteiger partial charge < -0.3 is 10.1 Å². The van der Waals surface area contributed by atoms with Gasteiger partial charge >= 0.3 is 0 Å². The second kappa shape index (κ2) is 8.65. The van der Waals surface area contributed by atoms with Crippen molar-refractivity contribution in [3.63, 3.8) is 0 Å². The lowest BCUT2D eigenvalue weighted by atomic mass is 10.1. The molecule has 140 valence electrons. The maximum atomic E-state index is 12.4. The van der Waals surface area contributed by atoms with Gasteiger partial charge in [-0.15, -0.1) is 5.10 Å². The van der Waals surface area contributed by atoms with Gasteiger partial charge in [-0.25, -0.2) is 9.67 Å². The molecule has 1 heterocycles. The van der Waals surface area contributed by atoms with Gasteiger partial charge in [0.15, 0.2) is 5.82 Å². The minimum atomic E-state index is -0.358. The smallest absolute Gasteiger partial charge is 0.291 e. The van der Waals surface area contributed by atoms with Crippen LogP contribution < -0.4 is 5.32 Å². The molecule has 0 aliphatic heterocycles. The summed E-state index contributed by atoms with van der Waals surface area (Å²) >= 11 is 9.71. The zero-order valence-electron chi connectivity index (χ0n) is 14.9. The van der Waals surface area contributed by atoms with Crippen molar-refractivity contribution in [1.29, 1.82) is 0 Å². The Labute approximate surface area is 170 Å². The normalized spacial score (nSPS) is 10.8. The molecule has 0 unspecified atom stereocenters. The Morgan fingerprint density at radius 3 is 2.70 bits per heavy atom. The number of aromatic nitrogens is 3. The number of carbonyl (C=O) groups is 1. The van der Waals surface area contributed by atoms with E-state index in [1.54, 1.807) is 11.8 Å². The second-order valence-electron chi connectivity index (χ2n) is 5.81. The molecule has 0 aliphatic rings. The molecule has 1 amide bonds. The average Bonchev–Trinajstić information content (AvgIpc) is 3.10.